The van der Waals surface area contributed by atoms with Crippen LogP contribution in [0.5, 0.6) is 0 Å². The fraction of sp³-hybridized carbons (Fsp3) is 0.273. The van der Waals surface area contributed by atoms with Crippen molar-refractivity contribution in [3.05, 3.63) is 39.3 Å². The van der Waals surface area contributed by atoms with E-state index in [1.807, 2.05) is 0 Å². The molecule has 0 spiro atoms. The van der Waals surface area contributed by atoms with Crippen LogP contribution in [0.1, 0.15) is 12.2 Å². The third-order valence-electron chi connectivity index (χ3n) is 2.53. The van der Waals surface area contributed by atoms with Crippen LogP contribution in [0.2, 0.25) is 0 Å². The maximum absolute atomic E-state index is 12.1. The van der Waals surface area contributed by atoms with Gasteiger partial charge in [0.25, 0.3) is 0 Å². The summed E-state index contributed by atoms with van der Waals surface area (Å²) in [5.74, 6) is 0.744. The Bertz CT molecular complexity index is 674. The fourth-order valence-corrected chi connectivity index (χ4v) is 4.40. The van der Waals surface area contributed by atoms with E-state index in [0.717, 1.165) is 10.3 Å². The van der Waals surface area contributed by atoms with Gasteiger partial charge in [0.15, 0.2) is 0 Å². The number of H-pyrrole nitrogens is 1. The average molecular weight is 424 g/mol. The van der Waals surface area contributed by atoms with Crippen LogP contribution in [-0.2, 0) is 16.4 Å². The summed E-state index contributed by atoms with van der Waals surface area (Å²) >= 11 is 6.54. The van der Waals surface area contributed by atoms with Crippen LogP contribution in [0, 0.1) is 0 Å². The lowest BCUT2D eigenvalue weighted by atomic mass is 10.3. The highest BCUT2D eigenvalue weighted by Crippen LogP contribution is 2.25. The topological polar surface area (TPSA) is 87.7 Å². The Hall–Kier alpha value is -0.770. The number of sulfonamides is 1. The van der Waals surface area contributed by atoms with Crippen molar-refractivity contribution in [1.29, 1.82) is 0 Å². The Morgan fingerprint density at radius 3 is 2.75 bits per heavy atom. The maximum atomic E-state index is 12.1. The molecular formula is C11H12Br2N4O2S. The van der Waals surface area contributed by atoms with Crippen LogP contribution in [-0.4, -0.2) is 30.1 Å². The van der Waals surface area contributed by atoms with Gasteiger partial charge in [-0.05, 0) is 40.5 Å². The minimum atomic E-state index is -3.51. The average Bonchev–Trinajstić information content (AvgIpc) is 2.87. The zero-order valence-corrected chi connectivity index (χ0v) is 14.3. The molecule has 1 aromatic heterocycles. The van der Waals surface area contributed by atoms with Gasteiger partial charge < -0.3 is 0 Å². The van der Waals surface area contributed by atoms with Gasteiger partial charge in [-0.25, -0.2) is 18.1 Å². The molecule has 1 heterocycles. The Balaban J connectivity index is 1.93. The van der Waals surface area contributed by atoms with Crippen molar-refractivity contribution in [3.8, 4) is 0 Å². The summed E-state index contributed by atoms with van der Waals surface area (Å²) in [7, 11) is -3.51. The van der Waals surface area contributed by atoms with Crippen molar-refractivity contribution in [2.45, 2.75) is 17.7 Å². The summed E-state index contributed by atoms with van der Waals surface area (Å²) in [6.45, 7) is 0.339. The standard InChI is InChI=1S/C11H12Br2N4O2S/c12-8-3-4-10(9(13)6-8)20(18,19)16-5-1-2-11-14-7-15-17-11/h3-4,6-7,16H,1-2,5H2,(H,14,15,17). The number of halogens is 2. The molecule has 0 radical (unpaired) electrons. The Labute approximate surface area is 133 Å². The molecule has 0 amide bonds. The van der Waals surface area contributed by atoms with Crippen LogP contribution >= 0.6 is 31.9 Å². The van der Waals surface area contributed by atoms with E-state index >= 15 is 0 Å². The third kappa shape index (κ3) is 4.11. The van der Waals surface area contributed by atoms with E-state index in [2.05, 4.69) is 51.8 Å². The lowest BCUT2D eigenvalue weighted by Gasteiger charge is -2.08. The van der Waals surface area contributed by atoms with E-state index in [-0.39, 0.29) is 4.90 Å². The SMILES string of the molecule is O=S(=O)(NCCCc1ncn[nH]1)c1ccc(Br)cc1Br. The molecule has 20 heavy (non-hydrogen) atoms. The van der Waals surface area contributed by atoms with Gasteiger partial charge >= 0.3 is 0 Å². The molecule has 0 aliphatic rings. The maximum Gasteiger partial charge on any atom is 0.241 e. The van der Waals surface area contributed by atoms with Gasteiger partial charge in [0.05, 0.1) is 4.90 Å². The molecule has 0 aliphatic heterocycles. The smallest absolute Gasteiger partial charge is 0.241 e. The van der Waals surface area contributed by atoms with Gasteiger partial charge in [-0.3, -0.25) is 5.10 Å². The van der Waals surface area contributed by atoms with Gasteiger partial charge in [-0.1, -0.05) is 15.9 Å². The molecule has 0 saturated heterocycles. The first-order valence-corrected chi connectivity index (χ1v) is 8.85. The van der Waals surface area contributed by atoms with Crippen molar-refractivity contribution in [3.63, 3.8) is 0 Å². The minimum Gasteiger partial charge on any atom is -0.263 e. The lowest BCUT2D eigenvalue weighted by molar-refractivity contribution is 0.577. The molecular weight excluding hydrogens is 412 g/mol. The number of nitrogens with zero attached hydrogens (tertiary/aromatic N) is 2. The van der Waals surface area contributed by atoms with E-state index in [1.54, 1.807) is 18.2 Å². The van der Waals surface area contributed by atoms with Crippen LogP contribution in [0.15, 0.2) is 38.4 Å². The predicted octanol–water partition coefficient (Wildman–Crippen LogP) is 2.24. The number of nitrogens with one attached hydrogen (secondary N) is 2. The predicted molar refractivity (Wildman–Crippen MR) is 81.7 cm³/mol. The van der Waals surface area contributed by atoms with E-state index in [0.29, 0.717) is 23.9 Å². The van der Waals surface area contributed by atoms with Crippen LogP contribution in [0.4, 0.5) is 0 Å². The molecule has 0 bridgehead atoms. The highest BCUT2D eigenvalue weighted by atomic mass is 79.9. The molecule has 0 saturated carbocycles. The molecule has 0 fully saturated rings. The second-order valence-electron chi connectivity index (χ2n) is 4.01. The van der Waals surface area contributed by atoms with Crippen molar-refractivity contribution in [1.82, 2.24) is 19.9 Å². The second-order valence-corrected chi connectivity index (χ2v) is 7.51. The Kier molecular flexibility index (Phi) is 5.30. The Morgan fingerprint density at radius 2 is 2.10 bits per heavy atom. The minimum absolute atomic E-state index is 0.223. The number of hydrogen-bond acceptors (Lipinski definition) is 4. The van der Waals surface area contributed by atoms with Gasteiger partial charge in [-0.2, -0.15) is 5.10 Å². The van der Waals surface area contributed by atoms with Crippen LogP contribution in [0.25, 0.3) is 0 Å². The number of aromatic nitrogens is 3. The molecule has 2 N–H and O–H groups in total. The van der Waals surface area contributed by atoms with Crippen molar-refractivity contribution in [2.75, 3.05) is 6.54 Å². The summed E-state index contributed by atoms with van der Waals surface area (Å²) in [4.78, 5) is 4.20. The molecule has 0 atom stereocenters. The highest BCUT2D eigenvalue weighted by molar-refractivity contribution is 9.11. The number of hydrogen-bond donors (Lipinski definition) is 2. The molecule has 6 nitrogen and oxygen atoms in total. The molecule has 2 rings (SSSR count). The molecule has 0 aliphatic carbocycles. The van der Waals surface area contributed by atoms with E-state index < -0.39 is 10.0 Å². The van der Waals surface area contributed by atoms with Crippen molar-refractivity contribution >= 4 is 41.9 Å². The van der Waals surface area contributed by atoms with Gasteiger partial charge in [0.2, 0.25) is 10.0 Å². The number of aryl methyl sites for hydroxylation is 1. The van der Waals surface area contributed by atoms with E-state index in [9.17, 15) is 8.42 Å². The van der Waals surface area contributed by atoms with Gasteiger partial charge in [0, 0.05) is 21.9 Å². The first-order valence-electron chi connectivity index (χ1n) is 5.78. The van der Waals surface area contributed by atoms with Gasteiger partial charge in [0.1, 0.15) is 12.2 Å². The second kappa shape index (κ2) is 6.79. The zero-order valence-electron chi connectivity index (χ0n) is 10.3. The van der Waals surface area contributed by atoms with E-state index in [1.165, 1.54) is 6.33 Å². The monoisotopic (exact) mass is 422 g/mol. The summed E-state index contributed by atoms with van der Waals surface area (Å²) in [5.41, 5.74) is 0. The number of aromatic amines is 1. The van der Waals surface area contributed by atoms with Crippen molar-refractivity contribution in [2.24, 2.45) is 0 Å². The first-order chi connectivity index (χ1) is 9.49. The number of rotatable bonds is 6. The molecule has 9 heteroatoms. The summed E-state index contributed by atoms with van der Waals surface area (Å²) in [6.07, 6.45) is 2.71. The van der Waals surface area contributed by atoms with Crippen LogP contribution in [0.3, 0.4) is 0 Å². The molecule has 2 aromatic rings. The normalized spacial score (nSPS) is 11.7. The van der Waals surface area contributed by atoms with Gasteiger partial charge in [-0.15, -0.1) is 0 Å². The first kappa shape index (κ1) is 15.6. The number of benzene rings is 1. The zero-order chi connectivity index (χ0) is 14.6. The lowest BCUT2D eigenvalue weighted by Crippen LogP contribution is -2.25. The summed E-state index contributed by atoms with van der Waals surface area (Å²) in [5, 5.41) is 6.46. The summed E-state index contributed by atoms with van der Waals surface area (Å²) < 4.78 is 28.2. The fourth-order valence-electron chi connectivity index (χ4n) is 1.58. The molecule has 1 aromatic carbocycles. The van der Waals surface area contributed by atoms with E-state index in [4.69, 9.17) is 0 Å². The quantitative estimate of drug-likeness (QED) is 0.697. The van der Waals surface area contributed by atoms with Crippen molar-refractivity contribution < 1.29 is 8.42 Å². The largest absolute Gasteiger partial charge is 0.263 e. The molecule has 108 valence electrons. The van der Waals surface area contributed by atoms with Crippen LogP contribution < -0.4 is 4.72 Å². The summed E-state index contributed by atoms with van der Waals surface area (Å²) in [6, 6.07) is 4.93. The molecule has 0 unspecified atom stereocenters. The third-order valence-corrected chi connectivity index (χ3v) is 5.46. The Morgan fingerprint density at radius 1 is 1.30 bits per heavy atom. The highest BCUT2D eigenvalue weighted by Gasteiger charge is 2.17.